The molecule has 6 nitrogen and oxygen atoms in total. The van der Waals surface area contributed by atoms with Gasteiger partial charge in [-0.25, -0.2) is 9.69 Å². The lowest BCUT2D eigenvalue weighted by atomic mass is 10.2. The highest BCUT2D eigenvalue weighted by molar-refractivity contribution is 7.16. The lowest BCUT2D eigenvalue weighted by Gasteiger charge is -2.11. The summed E-state index contributed by atoms with van der Waals surface area (Å²) >= 11 is 1.52. The summed E-state index contributed by atoms with van der Waals surface area (Å²) in [7, 11) is 0. The number of imide groups is 1. The van der Waals surface area contributed by atoms with E-state index in [2.05, 4.69) is 10.6 Å². The van der Waals surface area contributed by atoms with Crippen LogP contribution in [0, 0.1) is 0 Å². The van der Waals surface area contributed by atoms with Gasteiger partial charge in [0.15, 0.2) is 0 Å². The maximum absolute atomic E-state index is 12.6. The van der Waals surface area contributed by atoms with Gasteiger partial charge in [-0.2, -0.15) is 0 Å². The molecule has 2 heterocycles. The van der Waals surface area contributed by atoms with Crippen LogP contribution in [0.25, 0.3) is 16.5 Å². The second-order valence-electron chi connectivity index (χ2n) is 6.36. The summed E-state index contributed by atoms with van der Waals surface area (Å²) in [5.41, 5.74) is 1.85. The van der Waals surface area contributed by atoms with E-state index in [4.69, 9.17) is 0 Å². The molecule has 1 aliphatic heterocycles. The fourth-order valence-electron chi connectivity index (χ4n) is 2.91. The Labute approximate surface area is 171 Å². The van der Waals surface area contributed by atoms with Gasteiger partial charge in [-0.05, 0) is 35.9 Å². The van der Waals surface area contributed by atoms with Crippen molar-refractivity contribution in [3.05, 3.63) is 83.4 Å². The van der Waals surface area contributed by atoms with Crippen molar-refractivity contribution >= 4 is 40.9 Å². The van der Waals surface area contributed by atoms with Gasteiger partial charge in [0.1, 0.15) is 12.2 Å². The highest BCUT2D eigenvalue weighted by atomic mass is 32.1. The molecular weight excluding hydrogens is 386 g/mol. The summed E-state index contributed by atoms with van der Waals surface area (Å²) in [4.78, 5) is 39.7. The van der Waals surface area contributed by atoms with Crippen LogP contribution >= 0.6 is 11.3 Å². The number of hydrogen-bond acceptors (Lipinski definition) is 4. The van der Waals surface area contributed by atoms with E-state index in [1.807, 2.05) is 48.5 Å². The quantitative estimate of drug-likeness (QED) is 0.500. The van der Waals surface area contributed by atoms with E-state index in [1.54, 1.807) is 30.3 Å². The van der Waals surface area contributed by atoms with Crippen LogP contribution < -0.4 is 10.6 Å². The van der Waals surface area contributed by atoms with Crippen LogP contribution in [-0.4, -0.2) is 29.3 Å². The molecule has 0 spiro atoms. The van der Waals surface area contributed by atoms with E-state index < -0.39 is 17.8 Å². The number of thiophene rings is 1. The van der Waals surface area contributed by atoms with Gasteiger partial charge in [0.05, 0.1) is 0 Å². The van der Waals surface area contributed by atoms with Gasteiger partial charge in [-0.3, -0.25) is 9.59 Å². The number of carbonyl (C=O) groups excluding carboxylic acids is 3. The Bertz CT molecular complexity index is 1090. The summed E-state index contributed by atoms with van der Waals surface area (Å²) in [6, 6.07) is 22.0. The highest BCUT2D eigenvalue weighted by Gasteiger charge is 2.35. The zero-order chi connectivity index (χ0) is 20.2. The number of carbonyl (C=O) groups is 3. The predicted octanol–water partition coefficient (Wildman–Crippen LogP) is 3.95. The van der Waals surface area contributed by atoms with E-state index >= 15 is 0 Å². The predicted molar refractivity (Wildman–Crippen MR) is 113 cm³/mol. The van der Waals surface area contributed by atoms with E-state index in [9.17, 15) is 14.4 Å². The molecule has 144 valence electrons. The van der Waals surface area contributed by atoms with Crippen molar-refractivity contribution in [1.82, 2.24) is 10.2 Å². The van der Waals surface area contributed by atoms with Crippen LogP contribution in [0.3, 0.4) is 0 Å². The van der Waals surface area contributed by atoms with Crippen molar-refractivity contribution in [2.24, 2.45) is 0 Å². The fourth-order valence-corrected chi connectivity index (χ4v) is 3.87. The number of benzene rings is 2. The number of nitrogens with zero attached hydrogens (tertiary/aromatic N) is 1. The molecular formula is C22H17N3O3S. The summed E-state index contributed by atoms with van der Waals surface area (Å²) in [6.07, 6.45) is 1.63. The summed E-state index contributed by atoms with van der Waals surface area (Å²) in [5.74, 6) is -0.962. The number of rotatable bonds is 5. The van der Waals surface area contributed by atoms with Crippen LogP contribution in [0.15, 0.2) is 78.5 Å². The molecule has 7 heteroatoms. The van der Waals surface area contributed by atoms with Gasteiger partial charge in [0.25, 0.3) is 5.91 Å². The molecule has 0 atom stereocenters. The van der Waals surface area contributed by atoms with Gasteiger partial charge in [-0.1, -0.05) is 48.5 Å². The van der Waals surface area contributed by atoms with Gasteiger partial charge >= 0.3 is 6.03 Å². The molecule has 4 rings (SSSR count). The number of hydrogen-bond donors (Lipinski definition) is 2. The molecule has 0 radical (unpaired) electrons. The van der Waals surface area contributed by atoms with Crippen LogP contribution in [-0.2, 0) is 9.59 Å². The summed E-state index contributed by atoms with van der Waals surface area (Å²) < 4.78 is 0. The first-order valence-electron chi connectivity index (χ1n) is 8.95. The lowest BCUT2D eigenvalue weighted by molar-refractivity contribution is -0.127. The molecule has 1 saturated heterocycles. The first-order valence-corrected chi connectivity index (χ1v) is 9.76. The SMILES string of the molecule is O=C(CN1C(=O)NC(=Cc2ccc(-c3ccccc3)s2)C1=O)Nc1ccccc1. The zero-order valence-corrected chi connectivity index (χ0v) is 16.1. The number of urea groups is 1. The minimum atomic E-state index is -0.607. The first kappa shape index (κ1) is 18.6. The number of para-hydroxylation sites is 1. The highest BCUT2D eigenvalue weighted by Crippen LogP contribution is 2.29. The van der Waals surface area contributed by atoms with E-state index in [0.717, 1.165) is 20.2 Å². The third kappa shape index (κ3) is 4.25. The summed E-state index contributed by atoms with van der Waals surface area (Å²) in [6.45, 7) is -0.351. The Hall–Kier alpha value is -3.71. The molecule has 2 N–H and O–H groups in total. The molecule has 29 heavy (non-hydrogen) atoms. The molecule has 0 unspecified atom stereocenters. The number of nitrogens with one attached hydrogen (secondary N) is 2. The third-order valence-electron chi connectivity index (χ3n) is 4.29. The minimum Gasteiger partial charge on any atom is -0.325 e. The minimum absolute atomic E-state index is 0.156. The topological polar surface area (TPSA) is 78.5 Å². The van der Waals surface area contributed by atoms with Crippen LogP contribution in [0.1, 0.15) is 4.88 Å². The molecule has 0 aliphatic carbocycles. The average Bonchev–Trinajstić information content (AvgIpc) is 3.30. The van der Waals surface area contributed by atoms with Gasteiger partial charge in [-0.15, -0.1) is 11.3 Å². The Kier molecular flexibility index (Phi) is 5.22. The molecule has 0 bridgehead atoms. The smallest absolute Gasteiger partial charge is 0.325 e. The largest absolute Gasteiger partial charge is 0.329 e. The molecule has 3 aromatic rings. The Morgan fingerprint density at radius 1 is 0.966 bits per heavy atom. The Balaban J connectivity index is 1.45. The lowest BCUT2D eigenvalue weighted by Crippen LogP contribution is -2.38. The molecule has 4 amide bonds. The second kappa shape index (κ2) is 8.12. The van der Waals surface area contributed by atoms with Crippen molar-refractivity contribution in [1.29, 1.82) is 0 Å². The number of anilines is 1. The van der Waals surface area contributed by atoms with Crippen LogP contribution in [0.5, 0.6) is 0 Å². The van der Waals surface area contributed by atoms with Crippen molar-refractivity contribution in [3.63, 3.8) is 0 Å². The van der Waals surface area contributed by atoms with E-state index in [1.165, 1.54) is 11.3 Å². The molecule has 0 saturated carbocycles. The molecule has 1 fully saturated rings. The van der Waals surface area contributed by atoms with Crippen molar-refractivity contribution in [2.75, 3.05) is 11.9 Å². The van der Waals surface area contributed by atoms with Crippen LogP contribution in [0.2, 0.25) is 0 Å². The second-order valence-corrected chi connectivity index (χ2v) is 7.48. The van der Waals surface area contributed by atoms with Gasteiger partial charge in [0.2, 0.25) is 5.91 Å². The molecule has 1 aliphatic rings. The maximum atomic E-state index is 12.6. The molecule has 1 aromatic heterocycles. The monoisotopic (exact) mass is 403 g/mol. The normalized spacial score (nSPS) is 14.9. The third-order valence-corrected chi connectivity index (χ3v) is 5.37. The van der Waals surface area contributed by atoms with Crippen molar-refractivity contribution < 1.29 is 14.4 Å². The fraction of sp³-hybridized carbons (Fsp3) is 0.0455. The number of amides is 4. The first-order chi connectivity index (χ1) is 14.1. The van der Waals surface area contributed by atoms with Gasteiger partial charge < -0.3 is 10.6 Å². The van der Waals surface area contributed by atoms with Crippen LogP contribution in [0.4, 0.5) is 10.5 Å². The van der Waals surface area contributed by atoms with Crippen molar-refractivity contribution in [2.45, 2.75) is 0 Å². The van der Waals surface area contributed by atoms with Gasteiger partial charge in [0, 0.05) is 15.4 Å². The van der Waals surface area contributed by atoms with Crippen molar-refractivity contribution in [3.8, 4) is 10.4 Å². The zero-order valence-electron chi connectivity index (χ0n) is 15.3. The maximum Gasteiger partial charge on any atom is 0.329 e. The standard InChI is InChI=1S/C22H17N3O3S/c26-20(23-16-9-5-2-6-10-16)14-25-21(27)18(24-22(25)28)13-17-11-12-19(29-17)15-7-3-1-4-8-15/h1-13H,14H2,(H,23,26)(H,24,28). The Morgan fingerprint density at radius 2 is 1.66 bits per heavy atom. The molecule has 2 aromatic carbocycles. The van der Waals surface area contributed by atoms with E-state index in [0.29, 0.717) is 5.69 Å². The van der Waals surface area contributed by atoms with E-state index in [-0.39, 0.29) is 12.2 Å². The Morgan fingerprint density at radius 3 is 2.38 bits per heavy atom. The average molecular weight is 403 g/mol. The summed E-state index contributed by atoms with van der Waals surface area (Å²) in [5, 5.41) is 5.21.